The van der Waals surface area contributed by atoms with Crippen LogP contribution in [-0.2, 0) is 0 Å². The Morgan fingerprint density at radius 3 is 2.43 bits per heavy atom. The van der Waals surface area contributed by atoms with Gasteiger partial charge in [-0.2, -0.15) is 0 Å². The van der Waals surface area contributed by atoms with Gasteiger partial charge < -0.3 is 15.2 Å². The summed E-state index contributed by atoms with van der Waals surface area (Å²) in [6.45, 7) is 0.0837. The molecule has 0 aromatic heterocycles. The van der Waals surface area contributed by atoms with Crippen molar-refractivity contribution in [2.75, 3.05) is 13.7 Å². The second kappa shape index (κ2) is 6.10. The van der Waals surface area contributed by atoms with Crippen molar-refractivity contribution in [2.45, 2.75) is 0 Å². The fraction of sp³-hybridized carbons (Fsp3) is 0.222. The van der Waals surface area contributed by atoms with Gasteiger partial charge in [0.15, 0.2) is 11.5 Å². The lowest BCUT2D eigenvalue weighted by molar-refractivity contribution is 0.333. The molecule has 0 unspecified atom stereocenters. The molecule has 0 saturated carbocycles. The standard InChI is InChI=1S/C9H12N2O2.ClH/c1-12-7-4-2-3-5-8(7)13-6-9(10)11;/h2-5H,6H2,1H3,(H3,10,11);1H. The van der Waals surface area contributed by atoms with Gasteiger partial charge in [0.25, 0.3) is 0 Å². The fourth-order valence-corrected chi connectivity index (χ4v) is 0.894. The lowest BCUT2D eigenvalue weighted by Crippen LogP contribution is -2.19. The van der Waals surface area contributed by atoms with Crippen LogP contribution >= 0.6 is 12.4 Å². The van der Waals surface area contributed by atoms with Crippen molar-refractivity contribution in [1.29, 1.82) is 5.41 Å². The molecule has 0 spiro atoms. The average Bonchev–Trinajstić information content (AvgIpc) is 2.15. The van der Waals surface area contributed by atoms with Crippen LogP contribution in [0.25, 0.3) is 0 Å². The Labute approximate surface area is 88.9 Å². The molecule has 4 nitrogen and oxygen atoms in total. The molecule has 0 fully saturated rings. The molecule has 3 N–H and O–H groups in total. The second-order valence-corrected chi connectivity index (χ2v) is 2.46. The summed E-state index contributed by atoms with van der Waals surface area (Å²) in [6.07, 6.45) is 0. The van der Waals surface area contributed by atoms with E-state index in [4.69, 9.17) is 20.6 Å². The van der Waals surface area contributed by atoms with Crippen LogP contribution in [-0.4, -0.2) is 19.6 Å². The molecule has 0 bridgehead atoms. The molecule has 14 heavy (non-hydrogen) atoms. The van der Waals surface area contributed by atoms with Crippen molar-refractivity contribution in [3.8, 4) is 11.5 Å². The Kier molecular flexibility index (Phi) is 5.48. The van der Waals surface area contributed by atoms with Crippen LogP contribution in [0.5, 0.6) is 11.5 Å². The summed E-state index contributed by atoms with van der Waals surface area (Å²) in [6, 6.07) is 7.23. The third-order valence-corrected chi connectivity index (χ3v) is 1.45. The number of methoxy groups -OCH3 is 1. The first-order valence-corrected chi connectivity index (χ1v) is 3.82. The van der Waals surface area contributed by atoms with Crippen LogP contribution in [0.2, 0.25) is 0 Å². The predicted molar refractivity (Wildman–Crippen MR) is 57.7 cm³/mol. The van der Waals surface area contributed by atoms with Crippen LogP contribution in [0.4, 0.5) is 0 Å². The highest BCUT2D eigenvalue weighted by atomic mass is 35.5. The average molecular weight is 217 g/mol. The number of ether oxygens (including phenoxy) is 2. The van der Waals surface area contributed by atoms with Crippen LogP contribution in [0.15, 0.2) is 24.3 Å². The van der Waals surface area contributed by atoms with Gasteiger partial charge >= 0.3 is 0 Å². The van der Waals surface area contributed by atoms with Gasteiger partial charge in [0.05, 0.1) is 7.11 Å². The molecular formula is C9H13ClN2O2. The van der Waals surface area contributed by atoms with Crippen molar-refractivity contribution in [3.63, 3.8) is 0 Å². The van der Waals surface area contributed by atoms with Crippen molar-refractivity contribution < 1.29 is 9.47 Å². The van der Waals surface area contributed by atoms with Crippen molar-refractivity contribution in [1.82, 2.24) is 0 Å². The molecule has 1 aromatic carbocycles. The maximum Gasteiger partial charge on any atom is 0.161 e. The van der Waals surface area contributed by atoms with Gasteiger partial charge in [-0.1, -0.05) is 12.1 Å². The smallest absolute Gasteiger partial charge is 0.161 e. The third kappa shape index (κ3) is 3.53. The first-order chi connectivity index (χ1) is 6.24. The minimum absolute atomic E-state index is 0. The van der Waals surface area contributed by atoms with E-state index in [1.54, 1.807) is 19.2 Å². The highest BCUT2D eigenvalue weighted by molar-refractivity contribution is 5.85. The van der Waals surface area contributed by atoms with Gasteiger partial charge in [0, 0.05) is 0 Å². The van der Waals surface area contributed by atoms with E-state index >= 15 is 0 Å². The van der Waals surface area contributed by atoms with Crippen LogP contribution in [0.3, 0.4) is 0 Å². The molecule has 5 heteroatoms. The topological polar surface area (TPSA) is 68.3 Å². The maximum absolute atomic E-state index is 6.98. The Morgan fingerprint density at radius 2 is 1.93 bits per heavy atom. The molecule has 0 amide bonds. The Balaban J connectivity index is 0.00000169. The zero-order chi connectivity index (χ0) is 9.68. The monoisotopic (exact) mass is 216 g/mol. The number of para-hydroxylation sites is 2. The normalized spacial score (nSPS) is 8.64. The molecule has 0 heterocycles. The summed E-state index contributed by atoms with van der Waals surface area (Å²) in [5.74, 6) is 1.23. The Morgan fingerprint density at radius 1 is 1.36 bits per heavy atom. The van der Waals surface area contributed by atoms with Crippen LogP contribution < -0.4 is 15.2 Å². The number of nitrogens with one attached hydrogen (secondary N) is 1. The molecule has 1 rings (SSSR count). The summed E-state index contributed by atoms with van der Waals surface area (Å²) in [5.41, 5.74) is 5.15. The highest BCUT2D eigenvalue weighted by Gasteiger charge is 2.01. The number of hydrogen-bond donors (Lipinski definition) is 2. The summed E-state index contributed by atoms with van der Waals surface area (Å²) in [7, 11) is 1.57. The number of nitrogens with two attached hydrogens (primary N) is 1. The first-order valence-electron chi connectivity index (χ1n) is 3.82. The predicted octanol–water partition coefficient (Wildman–Crippen LogP) is 1.43. The summed E-state index contributed by atoms with van der Waals surface area (Å²) >= 11 is 0. The highest BCUT2D eigenvalue weighted by Crippen LogP contribution is 2.25. The van der Waals surface area contributed by atoms with E-state index in [-0.39, 0.29) is 24.8 Å². The van der Waals surface area contributed by atoms with Gasteiger partial charge in [-0.3, -0.25) is 5.41 Å². The molecule has 0 aliphatic heterocycles. The lowest BCUT2D eigenvalue weighted by atomic mass is 10.3. The molecule has 0 aliphatic rings. The summed E-state index contributed by atoms with van der Waals surface area (Å²) < 4.78 is 10.3. The second-order valence-electron chi connectivity index (χ2n) is 2.46. The van der Waals surface area contributed by atoms with Gasteiger partial charge in [-0.05, 0) is 12.1 Å². The summed E-state index contributed by atoms with van der Waals surface area (Å²) in [4.78, 5) is 0. The zero-order valence-electron chi connectivity index (χ0n) is 7.82. The largest absolute Gasteiger partial charge is 0.493 e. The maximum atomic E-state index is 6.98. The van der Waals surface area contributed by atoms with E-state index < -0.39 is 0 Å². The van der Waals surface area contributed by atoms with Gasteiger partial charge in [-0.25, -0.2) is 0 Å². The Hall–Kier alpha value is -1.42. The number of benzene rings is 1. The van der Waals surface area contributed by atoms with E-state index in [1.165, 1.54) is 0 Å². The molecule has 0 radical (unpaired) electrons. The van der Waals surface area contributed by atoms with Gasteiger partial charge in [-0.15, -0.1) is 12.4 Å². The zero-order valence-corrected chi connectivity index (χ0v) is 8.64. The molecule has 0 atom stereocenters. The van der Waals surface area contributed by atoms with E-state index in [2.05, 4.69) is 0 Å². The van der Waals surface area contributed by atoms with E-state index in [0.717, 1.165) is 0 Å². The van der Waals surface area contributed by atoms with Crippen molar-refractivity contribution >= 4 is 18.2 Å². The SMILES string of the molecule is COc1ccccc1OCC(=N)N.Cl. The van der Waals surface area contributed by atoms with Gasteiger partial charge in [0.1, 0.15) is 12.4 Å². The quantitative estimate of drug-likeness (QED) is 0.591. The van der Waals surface area contributed by atoms with Crippen LogP contribution in [0, 0.1) is 5.41 Å². The summed E-state index contributed by atoms with van der Waals surface area (Å²) in [5, 5.41) is 6.98. The third-order valence-electron chi connectivity index (χ3n) is 1.45. The van der Waals surface area contributed by atoms with Gasteiger partial charge in [0.2, 0.25) is 0 Å². The molecular weight excluding hydrogens is 204 g/mol. The number of halogens is 1. The minimum atomic E-state index is -0.00842. The molecule has 0 saturated heterocycles. The van der Waals surface area contributed by atoms with E-state index in [1.807, 2.05) is 12.1 Å². The lowest BCUT2D eigenvalue weighted by Gasteiger charge is -2.08. The number of amidine groups is 1. The van der Waals surface area contributed by atoms with Crippen LogP contribution in [0.1, 0.15) is 0 Å². The van der Waals surface area contributed by atoms with E-state index in [9.17, 15) is 0 Å². The Bertz CT molecular complexity index is 305. The van der Waals surface area contributed by atoms with Crippen molar-refractivity contribution in [3.05, 3.63) is 24.3 Å². The number of hydrogen-bond acceptors (Lipinski definition) is 3. The van der Waals surface area contributed by atoms with Crippen molar-refractivity contribution in [2.24, 2.45) is 5.73 Å². The van der Waals surface area contributed by atoms with E-state index in [0.29, 0.717) is 11.5 Å². The molecule has 0 aliphatic carbocycles. The molecule has 1 aromatic rings. The molecule has 78 valence electrons. The fourth-order valence-electron chi connectivity index (χ4n) is 0.894. The minimum Gasteiger partial charge on any atom is -0.493 e. The first kappa shape index (κ1) is 12.6. The number of rotatable bonds is 4.